The molecule has 0 aliphatic carbocycles. The third-order valence-corrected chi connectivity index (χ3v) is 6.20. The highest BCUT2D eigenvalue weighted by Crippen LogP contribution is 2.22. The molecule has 0 aliphatic rings. The first-order valence-corrected chi connectivity index (χ1v) is 11.8. The van der Waals surface area contributed by atoms with Crippen LogP contribution in [0.1, 0.15) is 51.7 Å². The lowest BCUT2D eigenvalue weighted by Gasteiger charge is -2.29. The molecule has 0 saturated carbocycles. The largest absolute Gasteiger partial charge is 0.497 e. The number of likely N-dealkylation sites (N-methyl/N-ethyl adjacent to an activating group) is 1. The summed E-state index contributed by atoms with van der Waals surface area (Å²) in [4.78, 5) is 14.9. The van der Waals surface area contributed by atoms with E-state index in [1.807, 2.05) is 42.3 Å². The summed E-state index contributed by atoms with van der Waals surface area (Å²) in [6, 6.07) is 18.6. The number of benzene rings is 2. The average Bonchev–Trinajstić information content (AvgIpc) is 2.79. The van der Waals surface area contributed by atoms with Crippen LogP contribution in [-0.2, 0) is 22.6 Å². The second kappa shape index (κ2) is 13.3. The Kier molecular flexibility index (Phi) is 10.8. The highest BCUT2D eigenvalue weighted by molar-refractivity contribution is 5.78. The van der Waals surface area contributed by atoms with Crippen molar-refractivity contribution in [3.8, 4) is 5.75 Å². The van der Waals surface area contributed by atoms with Crippen LogP contribution in [0.2, 0.25) is 0 Å². The van der Waals surface area contributed by atoms with Crippen LogP contribution in [0.25, 0.3) is 0 Å². The molecule has 4 heteroatoms. The molecule has 32 heavy (non-hydrogen) atoms. The standard InChI is InChI=1S/C28H41NO3/c1-21(16-22(2)19-32-20-26-12-14-27(31-6)15-13-26)17-23(3)28(30)29(5)24(4)18-25-10-8-7-9-11-25/h7-15,21-24H,16-20H2,1-6H3/t21-,22?,23-,24?/m1/s1. The molecule has 176 valence electrons. The fourth-order valence-corrected chi connectivity index (χ4v) is 4.31. The molecule has 2 aromatic carbocycles. The van der Waals surface area contributed by atoms with E-state index in [1.165, 1.54) is 5.56 Å². The molecule has 0 saturated heterocycles. The molecule has 4 atom stereocenters. The Balaban J connectivity index is 1.70. The van der Waals surface area contributed by atoms with Crippen LogP contribution >= 0.6 is 0 Å². The Morgan fingerprint density at radius 3 is 2.16 bits per heavy atom. The Hall–Kier alpha value is -2.33. The number of carbonyl (C=O) groups is 1. The van der Waals surface area contributed by atoms with Gasteiger partial charge in [-0.05, 0) is 61.3 Å². The lowest BCUT2D eigenvalue weighted by molar-refractivity contribution is -0.136. The van der Waals surface area contributed by atoms with Crippen molar-refractivity contribution in [1.29, 1.82) is 0 Å². The van der Waals surface area contributed by atoms with E-state index >= 15 is 0 Å². The molecule has 2 aromatic rings. The van der Waals surface area contributed by atoms with Gasteiger partial charge in [0.1, 0.15) is 5.75 Å². The molecule has 0 aromatic heterocycles. The second-order valence-corrected chi connectivity index (χ2v) is 9.43. The van der Waals surface area contributed by atoms with Crippen molar-refractivity contribution in [3.63, 3.8) is 0 Å². The lowest BCUT2D eigenvalue weighted by Crippen LogP contribution is -2.40. The van der Waals surface area contributed by atoms with Gasteiger partial charge in [-0.2, -0.15) is 0 Å². The van der Waals surface area contributed by atoms with Gasteiger partial charge in [0.05, 0.1) is 13.7 Å². The van der Waals surface area contributed by atoms with Crippen molar-refractivity contribution in [1.82, 2.24) is 4.90 Å². The number of rotatable bonds is 13. The number of amides is 1. The van der Waals surface area contributed by atoms with Crippen molar-refractivity contribution in [2.24, 2.45) is 17.8 Å². The Bertz CT molecular complexity index is 790. The van der Waals surface area contributed by atoms with Gasteiger partial charge in [0.25, 0.3) is 0 Å². The van der Waals surface area contributed by atoms with Gasteiger partial charge in [-0.1, -0.05) is 63.2 Å². The van der Waals surface area contributed by atoms with Crippen molar-refractivity contribution in [2.45, 2.75) is 59.6 Å². The van der Waals surface area contributed by atoms with Crippen LogP contribution < -0.4 is 4.74 Å². The molecule has 0 heterocycles. The maximum absolute atomic E-state index is 13.0. The highest BCUT2D eigenvalue weighted by Gasteiger charge is 2.24. The number of ether oxygens (including phenoxy) is 2. The van der Waals surface area contributed by atoms with E-state index in [1.54, 1.807) is 7.11 Å². The summed E-state index contributed by atoms with van der Waals surface area (Å²) in [5.41, 5.74) is 2.42. The van der Waals surface area contributed by atoms with Crippen molar-refractivity contribution in [2.75, 3.05) is 20.8 Å². The van der Waals surface area contributed by atoms with Gasteiger partial charge >= 0.3 is 0 Å². The van der Waals surface area contributed by atoms with Gasteiger partial charge in [0, 0.05) is 25.6 Å². The fraction of sp³-hybridized carbons (Fsp3) is 0.536. The monoisotopic (exact) mass is 439 g/mol. The Labute approximate surface area is 194 Å². The quantitative estimate of drug-likeness (QED) is 0.385. The first kappa shape index (κ1) is 25.9. The number of nitrogens with zero attached hydrogens (tertiary/aromatic N) is 1. The first-order valence-electron chi connectivity index (χ1n) is 11.8. The van der Waals surface area contributed by atoms with Crippen LogP contribution in [0, 0.1) is 17.8 Å². The summed E-state index contributed by atoms with van der Waals surface area (Å²) >= 11 is 0. The van der Waals surface area contributed by atoms with Crippen molar-refractivity contribution < 1.29 is 14.3 Å². The van der Waals surface area contributed by atoms with Gasteiger partial charge in [-0.15, -0.1) is 0 Å². The van der Waals surface area contributed by atoms with E-state index in [0.29, 0.717) is 18.4 Å². The van der Waals surface area contributed by atoms with E-state index in [-0.39, 0.29) is 17.9 Å². The average molecular weight is 440 g/mol. The van der Waals surface area contributed by atoms with E-state index in [4.69, 9.17) is 9.47 Å². The molecule has 0 radical (unpaired) electrons. The van der Waals surface area contributed by atoms with Gasteiger partial charge in [-0.3, -0.25) is 4.79 Å². The van der Waals surface area contributed by atoms with Gasteiger partial charge < -0.3 is 14.4 Å². The molecular formula is C28H41NO3. The minimum absolute atomic E-state index is 0.0284. The lowest BCUT2D eigenvalue weighted by atomic mass is 9.89. The minimum Gasteiger partial charge on any atom is -0.497 e. The van der Waals surface area contributed by atoms with Crippen LogP contribution in [0.15, 0.2) is 54.6 Å². The van der Waals surface area contributed by atoms with Crippen LogP contribution in [0.5, 0.6) is 5.75 Å². The molecule has 0 fully saturated rings. The van der Waals surface area contributed by atoms with E-state index < -0.39 is 0 Å². The Morgan fingerprint density at radius 1 is 0.875 bits per heavy atom. The van der Waals surface area contributed by atoms with Gasteiger partial charge in [0.15, 0.2) is 0 Å². The number of carbonyl (C=O) groups excluding carboxylic acids is 1. The summed E-state index contributed by atoms with van der Waals surface area (Å²) in [5, 5.41) is 0. The van der Waals surface area contributed by atoms with Crippen LogP contribution in [0.3, 0.4) is 0 Å². The van der Waals surface area contributed by atoms with Crippen molar-refractivity contribution >= 4 is 5.91 Å². The van der Waals surface area contributed by atoms with E-state index in [9.17, 15) is 4.79 Å². The SMILES string of the molecule is COc1ccc(COCC(C)C[C@@H](C)C[C@@H](C)C(=O)N(C)C(C)Cc2ccccc2)cc1. The molecule has 2 rings (SSSR count). The van der Waals surface area contributed by atoms with Gasteiger partial charge in [0.2, 0.25) is 5.91 Å². The minimum atomic E-state index is 0.0284. The summed E-state index contributed by atoms with van der Waals surface area (Å²) in [6.45, 7) is 10.0. The summed E-state index contributed by atoms with van der Waals surface area (Å²) in [5.74, 6) is 2.07. The second-order valence-electron chi connectivity index (χ2n) is 9.43. The smallest absolute Gasteiger partial charge is 0.225 e. The summed E-state index contributed by atoms with van der Waals surface area (Å²) < 4.78 is 11.1. The zero-order valence-electron chi connectivity index (χ0n) is 20.7. The predicted octanol–water partition coefficient (Wildman–Crippen LogP) is 5.99. The number of hydrogen-bond acceptors (Lipinski definition) is 3. The molecular weight excluding hydrogens is 398 g/mol. The molecule has 0 aliphatic heterocycles. The highest BCUT2D eigenvalue weighted by atomic mass is 16.5. The molecule has 0 N–H and O–H groups in total. The zero-order chi connectivity index (χ0) is 23.5. The predicted molar refractivity (Wildman–Crippen MR) is 132 cm³/mol. The third kappa shape index (κ3) is 8.66. The molecule has 2 unspecified atom stereocenters. The van der Waals surface area contributed by atoms with Crippen LogP contribution in [0.4, 0.5) is 0 Å². The molecule has 4 nitrogen and oxygen atoms in total. The number of hydrogen-bond donors (Lipinski definition) is 0. The fourth-order valence-electron chi connectivity index (χ4n) is 4.31. The van der Waals surface area contributed by atoms with Crippen LogP contribution in [-0.4, -0.2) is 37.6 Å². The molecule has 0 spiro atoms. The van der Waals surface area contributed by atoms with E-state index in [2.05, 4.69) is 52.0 Å². The third-order valence-electron chi connectivity index (χ3n) is 6.20. The zero-order valence-corrected chi connectivity index (χ0v) is 20.7. The van der Waals surface area contributed by atoms with Crippen molar-refractivity contribution in [3.05, 3.63) is 65.7 Å². The topological polar surface area (TPSA) is 38.8 Å². The normalized spacial score (nSPS) is 14.9. The molecule has 1 amide bonds. The maximum atomic E-state index is 13.0. The first-order chi connectivity index (χ1) is 15.3. The summed E-state index contributed by atoms with van der Waals surface area (Å²) in [6.07, 6.45) is 2.85. The Morgan fingerprint density at radius 2 is 1.53 bits per heavy atom. The molecule has 0 bridgehead atoms. The van der Waals surface area contributed by atoms with E-state index in [0.717, 1.165) is 37.2 Å². The van der Waals surface area contributed by atoms with Gasteiger partial charge in [-0.25, -0.2) is 0 Å². The maximum Gasteiger partial charge on any atom is 0.225 e. The summed E-state index contributed by atoms with van der Waals surface area (Å²) in [7, 11) is 3.61. The number of methoxy groups -OCH3 is 1.